The third-order valence-electron chi connectivity index (χ3n) is 1.51. The van der Waals surface area contributed by atoms with Gasteiger partial charge >= 0.3 is 0 Å². The minimum atomic E-state index is 0.187. The van der Waals surface area contributed by atoms with E-state index in [1.165, 1.54) is 0 Å². The highest BCUT2D eigenvalue weighted by molar-refractivity contribution is 5.39. The van der Waals surface area contributed by atoms with Crippen LogP contribution < -0.4 is 10.5 Å². The van der Waals surface area contributed by atoms with Gasteiger partial charge in [0.25, 0.3) is 0 Å². The Kier molecular flexibility index (Phi) is 5.72. The Balaban J connectivity index is 0.000000671. The van der Waals surface area contributed by atoms with Crippen LogP contribution in [0.5, 0.6) is 11.5 Å². The molecular formula is C10H17NO2. The van der Waals surface area contributed by atoms with Crippen molar-refractivity contribution in [2.75, 3.05) is 7.11 Å². The number of hydrogen-bond acceptors (Lipinski definition) is 3. The van der Waals surface area contributed by atoms with Gasteiger partial charge in [-0.05, 0) is 6.07 Å². The molecule has 0 aliphatic heterocycles. The highest BCUT2D eigenvalue weighted by Crippen LogP contribution is 2.22. The molecule has 0 bridgehead atoms. The second-order valence-electron chi connectivity index (χ2n) is 2.20. The lowest BCUT2D eigenvalue weighted by Gasteiger charge is -2.03. The molecule has 0 spiro atoms. The Morgan fingerprint density at radius 1 is 1.38 bits per heavy atom. The fourth-order valence-electron chi connectivity index (χ4n) is 0.843. The predicted octanol–water partition coefficient (Wildman–Crippen LogP) is 1.89. The smallest absolute Gasteiger partial charge is 0.123 e. The van der Waals surface area contributed by atoms with E-state index in [0.29, 0.717) is 12.3 Å². The largest absolute Gasteiger partial charge is 0.507 e. The first kappa shape index (κ1) is 11.8. The van der Waals surface area contributed by atoms with Crippen LogP contribution in [0.25, 0.3) is 0 Å². The molecule has 3 N–H and O–H groups in total. The first-order valence-corrected chi connectivity index (χ1v) is 4.34. The number of phenols is 1. The summed E-state index contributed by atoms with van der Waals surface area (Å²) < 4.78 is 4.89. The molecular weight excluding hydrogens is 166 g/mol. The fraction of sp³-hybridized carbons (Fsp3) is 0.400. The van der Waals surface area contributed by atoms with Gasteiger partial charge in [-0.1, -0.05) is 19.9 Å². The van der Waals surface area contributed by atoms with Crippen molar-refractivity contribution in [1.82, 2.24) is 0 Å². The second kappa shape index (κ2) is 6.31. The molecule has 0 atom stereocenters. The van der Waals surface area contributed by atoms with E-state index in [4.69, 9.17) is 10.5 Å². The number of benzene rings is 1. The van der Waals surface area contributed by atoms with Crippen LogP contribution in [0.15, 0.2) is 18.2 Å². The van der Waals surface area contributed by atoms with Crippen LogP contribution in [0.4, 0.5) is 0 Å². The lowest BCUT2D eigenvalue weighted by molar-refractivity contribution is 0.406. The van der Waals surface area contributed by atoms with E-state index in [-0.39, 0.29) is 5.75 Å². The van der Waals surface area contributed by atoms with Crippen LogP contribution in [0.2, 0.25) is 0 Å². The zero-order valence-electron chi connectivity index (χ0n) is 8.37. The maximum absolute atomic E-state index is 9.26. The van der Waals surface area contributed by atoms with Crippen LogP contribution >= 0.6 is 0 Å². The normalized spacial score (nSPS) is 8.62. The van der Waals surface area contributed by atoms with Gasteiger partial charge in [0, 0.05) is 18.2 Å². The van der Waals surface area contributed by atoms with E-state index in [0.717, 1.165) is 5.56 Å². The van der Waals surface area contributed by atoms with Crippen molar-refractivity contribution in [2.24, 2.45) is 5.73 Å². The molecule has 1 aromatic carbocycles. The van der Waals surface area contributed by atoms with Gasteiger partial charge in [0.05, 0.1) is 7.11 Å². The quantitative estimate of drug-likeness (QED) is 0.736. The SMILES string of the molecule is CC.COc1ccc(CN)c(O)c1. The highest BCUT2D eigenvalue weighted by Gasteiger charge is 1.99. The number of nitrogens with two attached hydrogens (primary N) is 1. The molecule has 0 amide bonds. The minimum Gasteiger partial charge on any atom is -0.507 e. The molecule has 0 aliphatic carbocycles. The molecule has 1 aromatic rings. The number of hydrogen-bond donors (Lipinski definition) is 2. The maximum atomic E-state index is 9.26. The monoisotopic (exact) mass is 183 g/mol. The van der Waals surface area contributed by atoms with Crippen molar-refractivity contribution in [3.8, 4) is 11.5 Å². The topological polar surface area (TPSA) is 55.5 Å². The van der Waals surface area contributed by atoms with E-state index in [1.807, 2.05) is 13.8 Å². The summed E-state index contributed by atoms with van der Waals surface area (Å²) in [5.41, 5.74) is 6.07. The molecule has 0 radical (unpaired) electrons. The van der Waals surface area contributed by atoms with Crippen LogP contribution in [0.1, 0.15) is 19.4 Å². The predicted molar refractivity (Wildman–Crippen MR) is 53.9 cm³/mol. The fourth-order valence-corrected chi connectivity index (χ4v) is 0.843. The van der Waals surface area contributed by atoms with Gasteiger partial charge in [0.1, 0.15) is 11.5 Å². The van der Waals surface area contributed by atoms with Gasteiger partial charge in [-0.2, -0.15) is 0 Å². The molecule has 0 aliphatic rings. The van der Waals surface area contributed by atoms with E-state index < -0.39 is 0 Å². The molecule has 0 unspecified atom stereocenters. The Hall–Kier alpha value is -1.22. The molecule has 13 heavy (non-hydrogen) atoms. The van der Waals surface area contributed by atoms with Crippen LogP contribution in [-0.2, 0) is 6.54 Å². The summed E-state index contributed by atoms with van der Waals surface area (Å²) in [7, 11) is 1.55. The molecule has 3 heteroatoms. The zero-order chi connectivity index (χ0) is 10.3. The molecule has 0 saturated carbocycles. The van der Waals surface area contributed by atoms with Gasteiger partial charge in [-0.3, -0.25) is 0 Å². The molecule has 74 valence electrons. The van der Waals surface area contributed by atoms with Gasteiger partial charge in [0.2, 0.25) is 0 Å². The van der Waals surface area contributed by atoms with E-state index in [1.54, 1.807) is 25.3 Å². The number of phenolic OH excluding ortho intramolecular Hbond substituents is 1. The molecule has 0 heterocycles. The van der Waals surface area contributed by atoms with Gasteiger partial charge < -0.3 is 15.6 Å². The Bertz CT molecular complexity index is 249. The second-order valence-corrected chi connectivity index (χ2v) is 2.20. The molecule has 3 nitrogen and oxygen atoms in total. The van der Waals surface area contributed by atoms with Crippen molar-refractivity contribution in [2.45, 2.75) is 20.4 Å². The first-order valence-electron chi connectivity index (χ1n) is 4.34. The number of ether oxygens (including phenoxy) is 1. The number of methoxy groups -OCH3 is 1. The Labute approximate surface area is 79.1 Å². The van der Waals surface area contributed by atoms with E-state index in [2.05, 4.69) is 0 Å². The van der Waals surface area contributed by atoms with E-state index >= 15 is 0 Å². The van der Waals surface area contributed by atoms with Crippen molar-refractivity contribution in [1.29, 1.82) is 0 Å². The third kappa shape index (κ3) is 3.34. The van der Waals surface area contributed by atoms with Gasteiger partial charge in [-0.25, -0.2) is 0 Å². The van der Waals surface area contributed by atoms with Crippen LogP contribution in [-0.4, -0.2) is 12.2 Å². The Morgan fingerprint density at radius 3 is 2.38 bits per heavy atom. The van der Waals surface area contributed by atoms with Gasteiger partial charge in [-0.15, -0.1) is 0 Å². The number of rotatable bonds is 2. The molecule has 0 saturated heterocycles. The van der Waals surface area contributed by atoms with E-state index in [9.17, 15) is 5.11 Å². The zero-order valence-corrected chi connectivity index (χ0v) is 8.37. The molecule has 1 rings (SSSR count). The van der Waals surface area contributed by atoms with Crippen molar-refractivity contribution >= 4 is 0 Å². The first-order chi connectivity index (χ1) is 6.27. The summed E-state index contributed by atoms with van der Waals surface area (Å²) in [5.74, 6) is 0.826. The third-order valence-corrected chi connectivity index (χ3v) is 1.51. The highest BCUT2D eigenvalue weighted by atomic mass is 16.5. The summed E-state index contributed by atoms with van der Waals surface area (Å²) in [6, 6.07) is 5.05. The summed E-state index contributed by atoms with van der Waals surface area (Å²) in [6.45, 7) is 4.34. The van der Waals surface area contributed by atoms with Crippen molar-refractivity contribution in [3.63, 3.8) is 0 Å². The summed E-state index contributed by atoms with van der Waals surface area (Å²) >= 11 is 0. The average molecular weight is 183 g/mol. The van der Waals surface area contributed by atoms with Gasteiger partial charge in [0.15, 0.2) is 0 Å². The minimum absolute atomic E-state index is 0.187. The lowest BCUT2D eigenvalue weighted by Crippen LogP contribution is -1.96. The summed E-state index contributed by atoms with van der Waals surface area (Å²) in [6.07, 6.45) is 0. The van der Waals surface area contributed by atoms with Crippen molar-refractivity contribution in [3.05, 3.63) is 23.8 Å². The average Bonchev–Trinajstić information content (AvgIpc) is 2.20. The number of aromatic hydroxyl groups is 1. The maximum Gasteiger partial charge on any atom is 0.123 e. The van der Waals surface area contributed by atoms with Crippen molar-refractivity contribution < 1.29 is 9.84 Å². The molecule has 0 fully saturated rings. The summed E-state index contributed by atoms with van der Waals surface area (Å²) in [4.78, 5) is 0. The van der Waals surface area contributed by atoms with Crippen LogP contribution in [0, 0.1) is 0 Å². The lowest BCUT2D eigenvalue weighted by atomic mass is 10.2. The van der Waals surface area contributed by atoms with Crippen LogP contribution in [0.3, 0.4) is 0 Å². The summed E-state index contributed by atoms with van der Waals surface area (Å²) in [5, 5.41) is 9.26. The standard InChI is InChI=1S/C8H11NO2.C2H6/c1-11-7-3-2-6(5-9)8(10)4-7;1-2/h2-4,10H,5,9H2,1H3;1-2H3. The molecule has 0 aromatic heterocycles. The Morgan fingerprint density at radius 2 is 2.00 bits per heavy atom.